The summed E-state index contributed by atoms with van der Waals surface area (Å²) in [7, 11) is 0. The van der Waals surface area contributed by atoms with Gasteiger partial charge in [0.05, 0.1) is 17.8 Å². The van der Waals surface area contributed by atoms with Crippen LogP contribution >= 0.6 is 0 Å². The van der Waals surface area contributed by atoms with Gasteiger partial charge in [-0.1, -0.05) is 6.92 Å². The SMILES string of the molecule is CC1CCC(c2cc(F)c(-c3cc(F)c(C(F)(F)OC4CC(F)C(F)C(F)C4)c(F)c3)c(F)c2)OC1. The molecular weight excluding hydrogens is 503 g/mol. The molecule has 1 aliphatic heterocycles. The summed E-state index contributed by atoms with van der Waals surface area (Å²) < 4.78 is 138. The number of halogens is 9. The molecule has 1 saturated carbocycles. The lowest BCUT2D eigenvalue weighted by molar-refractivity contribution is -0.286. The molecule has 4 rings (SSSR count). The molecule has 198 valence electrons. The van der Waals surface area contributed by atoms with Crippen LogP contribution in [0.5, 0.6) is 0 Å². The van der Waals surface area contributed by atoms with Gasteiger partial charge < -0.3 is 9.47 Å². The van der Waals surface area contributed by atoms with E-state index in [1.165, 1.54) is 0 Å². The van der Waals surface area contributed by atoms with Crippen LogP contribution in [0.1, 0.15) is 49.8 Å². The number of benzene rings is 2. The van der Waals surface area contributed by atoms with E-state index in [2.05, 4.69) is 4.74 Å². The topological polar surface area (TPSA) is 18.5 Å². The largest absolute Gasteiger partial charge is 0.389 e. The van der Waals surface area contributed by atoms with E-state index >= 15 is 0 Å². The quantitative estimate of drug-likeness (QED) is 0.373. The molecule has 2 aromatic rings. The van der Waals surface area contributed by atoms with Crippen molar-refractivity contribution in [3.05, 3.63) is 58.7 Å². The zero-order valence-electron chi connectivity index (χ0n) is 19.0. The monoisotopic (exact) mass is 526 g/mol. The zero-order valence-corrected chi connectivity index (χ0v) is 19.0. The summed E-state index contributed by atoms with van der Waals surface area (Å²) in [6.45, 7) is 2.36. The molecule has 2 fully saturated rings. The van der Waals surface area contributed by atoms with Crippen LogP contribution in [-0.4, -0.2) is 31.2 Å². The average Bonchev–Trinajstić information content (AvgIpc) is 2.76. The minimum atomic E-state index is -4.70. The maximum atomic E-state index is 14.8. The second-order valence-electron chi connectivity index (χ2n) is 9.38. The summed E-state index contributed by atoms with van der Waals surface area (Å²) in [6, 6.07) is 2.54. The third-order valence-electron chi connectivity index (χ3n) is 6.54. The Morgan fingerprint density at radius 1 is 0.833 bits per heavy atom. The summed E-state index contributed by atoms with van der Waals surface area (Å²) in [5, 5.41) is 0. The predicted octanol–water partition coefficient (Wildman–Crippen LogP) is 7.64. The van der Waals surface area contributed by atoms with Crippen LogP contribution in [0, 0.1) is 29.2 Å². The highest BCUT2D eigenvalue weighted by atomic mass is 19.3. The lowest BCUT2D eigenvalue weighted by atomic mass is 9.92. The van der Waals surface area contributed by atoms with Gasteiger partial charge in [-0.25, -0.2) is 30.7 Å². The minimum absolute atomic E-state index is 0.193. The molecule has 1 saturated heterocycles. The van der Waals surface area contributed by atoms with Crippen molar-refractivity contribution in [2.75, 3.05) is 6.61 Å². The van der Waals surface area contributed by atoms with E-state index in [1.54, 1.807) is 0 Å². The number of alkyl halides is 5. The van der Waals surface area contributed by atoms with E-state index < -0.39 is 89.6 Å². The van der Waals surface area contributed by atoms with Gasteiger partial charge in [0, 0.05) is 19.4 Å². The predicted molar refractivity (Wildman–Crippen MR) is 111 cm³/mol. The molecule has 11 heteroatoms. The Labute approximate surface area is 201 Å². The molecule has 0 amide bonds. The summed E-state index contributed by atoms with van der Waals surface area (Å²) in [5.74, 6) is -5.84. The molecule has 0 radical (unpaired) electrons. The summed E-state index contributed by atoms with van der Waals surface area (Å²) >= 11 is 0. The fraction of sp³-hybridized carbons (Fsp3) is 0.520. The van der Waals surface area contributed by atoms with Gasteiger partial charge in [0.25, 0.3) is 0 Å². The minimum Gasteiger partial charge on any atom is -0.373 e. The van der Waals surface area contributed by atoms with Crippen molar-refractivity contribution in [2.45, 2.75) is 69.4 Å². The summed E-state index contributed by atoms with van der Waals surface area (Å²) in [6.07, 6.45) is -15.1. The van der Waals surface area contributed by atoms with Crippen LogP contribution in [0.15, 0.2) is 24.3 Å². The van der Waals surface area contributed by atoms with Crippen LogP contribution in [0.4, 0.5) is 39.5 Å². The zero-order chi connectivity index (χ0) is 26.4. The Hall–Kier alpha value is -2.27. The summed E-state index contributed by atoms with van der Waals surface area (Å²) in [4.78, 5) is 0. The van der Waals surface area contributed by atoms with Gasteiger partial charge in [-0.15, -0.1) is 0 Å². The maximum Gasteiger partial charge on any atom is 0.389 e. The molecule has 2 aliphatic rings. The Morgan fingerprint density at radius 2 is 1.39 bits per heavy atom. The first kappa shape index (κ1) is 26.8. The number of ether oxygens (including phenoxy) is 2. The Morgan fingerprint density at radius 3 is 1.89 bits per heavy atom. The van der Waals surface area contributed by atoms with E-state index in [0.717, 1.165) is 18.6 Å². The van der Waals surface area contributed by atoms with Crippen LogP contribution in [0.3, 0.4) is 0 Å². The van der Waals surface area contributed by atoms with Crippen LogP contribution in [0.2, 0.25) is 0 Å². The highest BCUT2D eigenvalue weighted by Crippen LogP contribution is 2.41. The second kappa shape index (κ2) is 10.2. The first-order chi connectivity index (χ1) is 16.9. The lowest BCUT2D eigenvalue weighted by Gasteiger charge is -2.32. The van der Waals surface area contributed by atoms with Crippen molar-refractivity contribution < 1.29 is 49.0 Å². The van der Waals surface area contributed by atoms with Gasteiger partial charge in [0.2, 0.25) is 0 Å². The van der Waals surface area contributed by atoms with Gasteiger partial charge in [-0.05, 0) is 54.2 Å². The molecule has 1 aliphatic carbocycles. The molecule has 1 heterocycles. The Balaban J connectivity index is 1.60. The Bertz CT molecular complexity index is 1040. The smallest absolute Gasteiger partial charge is 0.373 e. The van der Waals surface area contributed by atoms with Gasteiger partial charge >= 0.3 is 6.11 Å². The third kappa shape index (κ3) is 5.37. The highest BCUT2D eigenvalue weighted by molar-refractivity contribution is 5.66. The fourth-order valence-corrected chi connectivity index (χ4v) is 4.65. The molecule has 36 heavy (non-hydrogen) atoms. The molecule has 0 aromatic heterocycles. The van der Waals surface area contributed by atoms with E-state index in [1.807, 2.05) is 6.92 Å². The van der Waals surface area contributed by atoms with Gasteiger partial charge in [0.1, 0.15) is 41.2 Å². The fourth-order valence-electron chi connectivity index (χ4n) is 4.65. The second-order valence-corrected chi connectivity index (χ2v) is 9.38. The van der Waals surface area contributed by atoms with E-state index in [0.29, 0.717) is 25.2 Å². The normalized spacial score (nSPS) is 29.4. The average molecular weight is 526 g/mol. The molecule has 0 N–H and O–H groups in total. The van der Waals surface area contributed by atoms with Gasteiger partial charge in [-0.2, -0.15) is 8.78 Å². The van der Waals surface area contributed by atoms with Gasteiger partial charge in [0.15, 0.2) is 6.17 Å². The van der Waals surface area contributed by atoms with E-state index in [4.69, 9.17) is 4.74 Å². The van der Waals surface area contributed by atoms with E-state index in [9.17, 15) is 39.5 Å². The third-order valence-corrected chi connectivity index (χ3v) is 6.54. The first-order valence-corrected chi connectivity index (χ1v) is 11.5. The standard InChI is InChI=1S/C25H23F9O2/c1-11-2-3-21(35-10-11)12-4-15(26)22(16(27)5-12)13-6-17(28)23(18(29)7-13)25(33,34)36-14-8-19(30)24(32)20(31)9-14/h4-7,11,14,19-21,24H,2-3,8-10H2,1H3. The summed E-state index contributed by atoms with van der Waals surface area (Å²) in [5.41, 5.74) is -3.23. The van der Waals surface area contributed by atoms with Crippen molar-refractivity contribution >= 4 is 0 Å². The molecule has 4 atom stereocenters. The van der Waals surface area contributed by atoms with Gasteiger partial charge in [-0.3, -0.25) is 0 Å². The molecular formula is C25H23F9O2. The van der Waals surface area contributed by atoms with Crippen molar-refractivity contribution in [3.63, 3.8) is 0 Å². The molecule has 0 bridgehead atoms. The first-order valence-electron chi connectivity index (χ1n) is 11.5. The maximum absolute atomic E-state index is 14.8. The highest BCUT2D eigenvalue weighted by Gasteiger charge is 2.47. The number of rotatable bonds is 5. The van der Waals surface area contributed by atoms with Crippen molar-refractivity contribution in [3.8, 4) is 11.1 Å². The molecule has 2 aromatic carbocycles. The Kier molecular flexibility index (Phi) is 7.62. The van der Waals surface area contributed by atoms with Crippen molar-refractivity contribution in [1.29, 1.82) is 0 Å². The van der Waals surface area contributed by atoms with Crippen LogP contribution in [0.25, 0.3) is 11.1 Å². The molecule has 4 unspecified atom stereocenters. The van der Waals surface area contributed by atoms with Crippen LogP contribution in [-0.2, 0) is 15.6 Å². The van der Waals surface area contributed by atoms with Crippen molar-refractivity contribution in [2.24, 2.45) is 5.92 Å². The molecule has 0 spiro atoms. The number of hydrogen-bond donors (Lipinski definition) is 0. The molecule has 2 nitrogen and oxygen atoms in total. The van der Waals surface area contributed by atoms with Crippen molar-refractivity contribution in [1.82, 2.24) is 0 Å². The van der Waals surface area contributed by atoms with Crippen LogP contribution < -0.4 is 0 Å². The number of hydrogen-bond acceptors (Lipinski definition) is 2. The lowest BCUT2D eigenvalue weighted by Crippen LogP contribution is -2.42. The van der Waals surface area contributed by atoms with E-state index in [-0.39, 0.29) is 11.5 Å².